The molecule has 0 bridgehead atoms. The number of carbonyl (C=O) groups excluding carboxylic acids is 3. The van der Waals surface area contributed by atoms with Crippen molar-refractivity contribution in [3.05, 3.63) is 0 Å². The summed E-state index contributed by atoms with van der Waals surface area (Å²) in [5.41, 5.74) is 10.9. The van der Waals surface area contributed by atoms with E-state index in [1.165, 1.54) is 6.92 Å². The van der Waals surface area contributed by atoms with Crippen LogP contribution in [-0.2, 0) is 19.2 Å². The van der Waals surface area contributed by atoms with Crippen molar-refractivity contribution < 1.29 is 29.4 Å². The third-order valence-electron chi connectivity index (χ3n) is 4.13. The highest BCUT2D eigenvalue weighted by Crippen LogP contribution is 2.07. The van der Waals surface area contributed by atoms with E-state index in [0.29, 0.717) is 19.4 Å². The number of aliphatic hydroxyl groups is 1. The number of nitrogens with two attached hydrogens (primary N) is 2. The van der Waals surface area contributed by atoms with Gasteiger partial charge in [0.25, 0.3) is 0 Å². The molecule has 168 valence electrons. The molecule has 0 aromatic heterocycles. The van der Waals surface area contributed by atoms with Crippen LogP contribution in [0.5, 0.6) is 0 Å². The largest absolute Gasteiger partial charge is 0.480 e. The molecule has 0 heterocycles. The minimum atomic E-state index is -1.29. The SMILES string of the molecule is CC(C)CC(NC(=O)C(CCCCN)NC(=O)C(CO)NC(=O)C(C)N)C(=O)O. The van der Waals surface area contributed by atoms with Crippen LogP contribution < -0.4 is 27.4 Å². The summed E-state index contributed by atoms with van der Waals surface area (Å²) in [5, 5.41) is 25.9. The van der Waals surface area contributed by atoms with Crippen LogP contribution in [0.4, 0.5) is 0 Å². The molecular weight excluding hydrogens is 382 g/mol. The van der Waals surface area contributed by atoms with Gasteiger partial charge in [0.1, 0.15) is 18.1 Å². The molecule has 4 atom stereocenters. The first kappa shape index (κ1) is 26.8. The molecule has 0 saturated heterocycles. The van der Waals surface area contributed by atoms with Gasteiger partial charge in [-0.05, 0) is 45.1 Å². The molecule has 0 aliphatic carbocycles. The zero-order chi connectivity index (χ0) is 22.6. The van der Waals surface area contributed by atoms with Crippen LogP contribution in [0, 0.1) is 5.92 Å². The average molecular weight is 418 g/mol. The summed E-state index contributed by atoms with van der Waals surface area (Å²) in [7, 11) is 0. The Labute approximate surface area is 171 Å². The number of nitrogens with one attached hydrogen (secondary N) is 3. The number of rotatable bonds is 14. The van der Waals surface area contributed by atoms with Crippen molar-refractivity contribution in [2.45, 2.75) is 70.6 Å². The Hall–Kier alpha value is -2.24. The summed E-state index contributed by atoms with van der Waals surface area (Å²) in [6.07, 6.45) is 1.59. The van der Waals surface area contributed by atoms with Crippen molar-refractivity contribution in [2.75, 3.05) is 13.2 Å². The van der Waals surface area contributed by atoms with Crippen molar-refractivity contribution in [3.8, 4) is 0 Å². The molecule has 4 unspecified atom stereocenters. The van der Waals surface area contributed by atoms with Crippen LogP contribution in [0.1, 0.15) is 46.5 Å². The molecule has 0 spiro atoms. The first-order chi connectivity index (χ1) is 13.5. The number of carboxylic acid groups (broad SMARTS) is 1. The van der Waals surface area contributed by atoms with Gasteiger partial charge in [-0.15, -0.1) is 0 Å². The van der Waals surface area contributed by atoms with E-state index in [-0.39, 0.29) is 18.8 Å². The quantitative estimate of drug-likeness (QED) is 0.158. The number of unbranched alkanes of at least 4 members (excludes halogenated alkanes) is 1. The van der Waals surface area contributed by atoms with Crippen LogP contribution in [-0.4, -0.2) is 71.2 Å². The van der Waals surface area contributed by atoms with Gasteiger partial charge in [-0.1, -0.05) is 13.8 Å². The van der Waals surface area contributed by atoms with Crippen LogP contribution in [0.15, 0.2) is 0 Å². The number of amides is 3. The fraction of sp³-hybridized carbons (Fsp3) is 0.778. The van der Waals surface area contributed by atoms with Crippen LogP contribution in [0.2, 0.25) is 0 Å². The summed E-state index contributed by atoms with van der Waals surface area (Å²) in [4.78, 5) is 48.1. The lowest BCUT2D eigenvalue weighted by Gasteiger charge is -2.24. The topological polar surface area (TPSA) is 197 Å². The van der Waals surface area contributed by atoms with Crippen molar-refractivity contribution in [1.82, 2.24) is 16.0 Å². The lowest BCUT2D eigenvalue weighted by atomic mass is 10.0. The highest BCUT2D eigenvalue weighted by atomic mass is 16.4. The standard InChI is InChI=1S/C18H35N5O6/c1-10(2)8-13(18(28)29)22-16(26)12(6-4-5-7-19)21-17(27)14(9-24)23-15(25)11(3)20/h10-14,24H,4-9,19-20H2,1-3H3,(H,21,27)(H,22,26)(H,23,25)(H,28,29). The molecule has 0 saturated carbocycles. The predicted molar refractivity (Wildman–Crippen MR) is 107 cm³/mol. The number of aliphatic hydroxyl groups excluding tert-OH is 1. The molecule has 3 amide bonds. The maximum atomic E-state index is 12.6. The van der Waals surface area contributed by atoms with Crippen LogP contribution in [0.25, 0.3) is 0 Å². The Kier molecular flexibility index (Phi) is 12.8. The monoisotopic (exact) mass is 417 g/mol. The Morgan fingerprint density at radius 3 is 1.83 bits per heavy atom. The van der Waals surface area contributed by atoms with Gasteiger partial charge in [0.2, 0.25) is 17.7 Å². The molecule has 0 aliphatic rings. The Morgan fingerprint density at radius 2 is 1.38 bits per heavy atom. The highest BCUT2D eigenvalue weighted by Gasteiger charge is 2.29. The molecule has 0 aromatic rings. The highest BCUT2D eigenvalue weighted by molar-refractivity contribution is 5.94. The van der Waals surface area contributed by atoms with Gasteiger partial charge < -0.3 is 37.6 Å². The minimum Gasteiger partial charge on any atom is -0.480 e. The molecule has 29 heavy (non-hydrogen) atoms. The summed E-state index contributed by atoms with van der Waals surface area (Å²) in [6.45, 7) is 4.79. The number of aliphatic carboxylic acids is 1. The Balaban J connectivity index is 5.22. The maximum Gasteiger partial charge on any atom is 0.326 e. The first-order valence-electron chi connectivity index (χ1n) is 9.73. The second-order valence-electron chi connectivity index (χ2n) is 7.41. The van der Waals surface area contributed by atoms with E-state index in [0.717, 1.165) is 0 Å². The number of carboxylic acids is 1. The molecule has 11 nitrogen and oxygen atoms in total. The summed E-state index contributed by atoms with van der Waals surface area (Å²) in [5.74, 6) is -3.19. The molecule has 11 heteroatoms. The molecule has 0 fully saturated rings. The van der Waals surface area contributed by atoms with Gasteiger partial charge >= 0.3 is 5.97 Å². The zero-order valence-electron chi connectivity index (χ0n) is 17.3. The fourth-order valence-corrected chi connectivity index (χ4v) is 2.50. The molecular formula is C18H35N5O6. The third kappa shape index (κ3) is 10.8. The van der Waals surface area contributed by atoms with E-state index in [1.54, 1.807) is 0 Å². The fourth-order valence-electron chi connectivity index (χ4n) is 2.50. The van der Waals surface area contributed by atoms with Crippen LogP contribution in [0.3, 0.4) is 0 Å². The van der Waals surface area contributed by atoms with E-state index in [2.05, 4.69) is 16.0 Å². The summed E-state index contributed by atoms with van der Waals surface area (Å²) in [6, 6.07) is -4.30. The predicted octanol–water partition coefficient (Wildman–Crippen LogP) is -1.96. The van der Waals surface area contributed by atoms with Gasteiger partial charge in [-0.2, -0.15) is 0 Å². The molecule has 0 aliphatic heterocycles. The Morgan fingerprint density at radius 1 is 0.862 bits per heavy atom. The van der Waals surface area contributed by atoms with E-state index in [4.69, 9.17) is 11.5 Å². The van der Waals surface area contributed by atoms with Gasteiger partial charge in [0.05, 0.1) is 12.6 Å². The van der Waals surface area contributed by atoms with Crippen molar-refractivity contribution in [3.63, 3.8) is 0 Å². The van der Waals surface area contributed by atoms with Crippen molar-refractivity contribution >= 4 is 23.7 Å². The summed E-state index contributed by atoms with van der Waals surface area (Å²) >= 11 is 0. The normalized spacial score (nSPS) is 15.1. The average Bonchev–Trinajstić information content (AvgIpc) is 2.63. The lowest BCUT2D eigenvalue weighted by Crippen LogP contribution is -2.57. The smallest absolute Gasteiger partial charge is 0.326 e. The van der Waals surface area contributed by atoms with Crippen molar-refractivity contribution in [1.29, 1.82) is 0 Å². The van der Waals surface area contributed by atoms with E-state index in [1.807, 2.05) is 13.8 Å². The van der Waals surface area contributed by atoms with Crippen LogP contribution >= 0.6 is 0 Å². The second kappa shape index (κ2) is 13.9. The molecule has 0 rings (SSSR count). The van der Waals surface area contributed by atoms with E-state index < -0.39 is 54.5 Å². The maximum absolute atomic E-state index is 12.6. The number of hydrogen-bond donors (Lipinski definition) is 7. The Bertz CT molecular complexity index is 555. The van der Waals surface area contributed by atoms with Gasteiger partial charge in [0.15, 0.2) is 0 Å². The number of hydrogen-bond acceptors (Lipinski definition) is 7. The second-order valence-corrected chi connectivity index (χ2v) is 7.41. The molecule has 0 radical (unpaired) electrons. The molecule has 9 N–H and O–H groups in total. The minimum absolute atomic E-state index is 0.0360. The van der Waals surface area contributed by atoms with Gasteiger partial charge in [-0.25, -0.2) is 4.79 Å². The lowest BCUT2D eigenvalue weighted by molar-refractivity contribution is -0.143. The van der Waals surface area contributed by atoms with E-state index in [9.17, 15) is 29.4 Å². The van der Waals surface area contributed by atoms with Crippen molar-refractivity contribution in [2.24, 2.45) is 17.4 Å². The van der Waals surface area contributed by atoms with E-state index >= 15 is 0 Å². The first-order valence-corrected chi connectivity index (χ1v) is 9.73. The zero-order valence-corrected chi connectivity index (χ0v) is 17.3. The molecule has 0 aromatic carbocycles. The number of carbonyl (C=O) groups is 4. The van der Waals surface area contributed by atoms with Gasteiger partial charge in [0, 0.05) is 0 Å². The third-order valence-corrected chi connectivity index (χ3v) is 4.13. The summed E-state index contributed by atoms with van der Waals surface area (Å²) < 4.78 is 0. The van der Waals surface area contributed by atoms with Gasteiger partial charge in [-0.3, -0.25) is 14.4 Å².